The van der Waals surface area contributed by atoms with Gasteiger partial charge in [0.15, 0.2) is 10.3 Å². The van der Waals surface area contributed by atoms with Gasteiger partial charge in [-0.05, 0) is 67.1 Å². The molecular weight excluding hydrogens is 392 g/mol. The number of rotatable bonds is 8. The van der Waals surface area contributed by atoms with Crippen LogP contribution in [0.1, 0.15) is 19.3 Å². The molecule has 1 unspecified atom stereocenters. The highest BCUT2D eigenvalue weighted by Gasteiger charge is 2.15. The lowest BCUT2D eigenvalue weighted by Gasteiger charge is -2.11. The number of hydrogen-bond donors (Lipinski definition) is 1. The SMILES string of the molecule is c1ccc(Sc2nc(NCCC3CCCO3)nc(Sc3ccccn3)n2)nc1. The van der Waals surface area contributed by atoms with Crippen LogP contribution in [-0.4, -0.2) is 44.2 Å². The zero-order valence-corrected chi connectivity index (χ0v) is 16.8. The summed E-state index contributed by atoms with van der Waals surface area (Å²) in [6, 6.07) is 11.5. The van der Waals surface area contributed by atoms with Gasteiger partial charge in [-0.1, -0.05) is 12.1 Å². The molecule has 1 aliphatic heterocycles. The van der Waals surface area contributed by atoms with Crippen LogP contribution in [0.25, 0.3) is 0 Å². The Labute approximate surface area is 172 Å². The zero-order chi connectivity index (χ0) is 19.0. The Morgan fingerprint density at radius 1 is 0.929 bits per heavy atom. The number of aromatic nitrogens is 5. The molecule has 1 aliphatic rings. The van der Waals surface area contributed by atoms with Crippen LogP contribution in [-0.2, 0) is 4.74 Å². The molecule has 3 aromatic rings. The highest BCUT2D eigenvalue weighted by atomic mass is 32.2. The fourth-order valence-electron chi connectivity index (χ4n) is 2.73. The molecule has 28 heavy (non-hydrogen) atoms. The van der Waals surface area contributed by atoms with E-state index in [1.807, 2.05) is 36.4 Å². The minimum Gasteiger partial charge on any atom is -0.378 e. The largest absolute Gasteiger partial charge is 0.378 e. The number of hydrogen-bond acceptors (Lipinski definition) is 9. The summed E-state index contributed by atoms with van der Waals surface area (Å²) in [5.74, 6) is 0.560. The van der Waals surface area contributed by atoms with E-state index in [9.17, 15) is 0 Å². The Kier molecular flexibility index (Phi) is 6.69. The third-order valence-electron chi connectivity index (χ3n) is 4.04. The second-order valence-corrected chi connectivity index (χ2v) is 8.09. The molecule has 0 spiro atoms. The molecule has 0 amide bonds. The van der Waals surface area contributed by atoms with Gasteiger partial charge in [0.1, 0.15) is 10.1 Å². The van der Waals surface area contributed by atoms with Crippen molar-refractivity contribution in [1.82, 2.24) is 24.9 Å². The van der Waals surface area contributed by atoms with E-state index >= 15 is 0 Å². The highest BCUT2D eigenvalue weighted by Crippen LogP contribution is 2.28. The summed E-state index contributed by atoms with van der Waals surface area (Å²) in [4.78, 5) is 22.3. The van der Waals surface area contributed by atoms with Crippen LogP contribution in [0.5, 0.6) is 0 Å². The molecule has 0 bridgehead atoms. The van der Waals surface area contributed by atoms with E-state index in [0.29, 0.717) is 22.4 Å². The summed E-state index contributed by atoms with van der Waals surface area (Å²) in [7, 11) is 0. The first kappa shape index (κ1) is 19.1. The lowest BCUT2D eigenvalue weighted by molar-refractivity contribution is 0.107. The third-order valence-corrected chi connectivity index (χ3v) is 5.67. The van der Waals surface area contributed by atoms with Crippen LogP contribution in [0.4, 0.5) is 5.95 Å². The molecular formula is C19H20N6OS2. The van der Waals surface area contributed by atoms with E-state index in [1.165, 1.54) is 23.5 Å². The molecule has 4 rings (SSSR count). The molecule has 144 valence electrons. The molecule has 9 heteroatoms. The van der Waals surface area contributed by atoms with Crippen LogP contribution in [0.15, 0.2) is 69.2 Å². The van der Waals surface area contributed by atoms with Gasteiger partial charge in [0, 0.05) is 25.5 Å². The smallest absolute Gasteiger partial charge is 0.227 e. The topological polar surface area (TPSA) is 85.7 Å². The average Bonchev–Trinajstić information content (AvgIpc) is 3.23. The molecule has 0 aliphatic carbocycles. The summed E-state index contributed by atoms with van der Waals surface area (Å²) in [5.41, 5.74) is 0. The van der Waals surface area contributed by atoms with Gasteiger partial charge in [-0.25, -0.2) is 9.97 Å². The summed E-state index contributed by atoms with van der Waals surface area (Å²) in [5, 5.41) is 6.20. The van der Waals surface area contributed by atoms with E-state index in [-0.39, 0.29) is 0 Å². The lowest BCUT2D eigenvalue weighted by Crippen LogP contribution is -2.14. The van der Waals surface area contributed by atoms with E-state index in [1.54, 1.807) is 12.4 Å². The number of pyridine rings is 2. The van der Waals surface area contributed by atoms with Crippen molar-refractivity contribution in [2.24, 2.45) is 0 Å². The predicted octanol–water partition coefficient (Wildman–Crippen LogP) is 3.95. The van der Waals surface area contributed by atoms with Crippen molar-refractivity contribution in [2.45, 2.75) is 45.7 Å². The Morgan fingerprint density at radius 3 is 2.14 bits per heavy atom. The zero-order valence-electron chi connectivity index (χ0n) is 15.2. The third kappa shape index (κ3) is 5.63. The molecule has 7 nitrogen and oxygen atoms in total. The average molecular weight is 413 g/mol. The molecule has 3 aromatic heterocycles. The fraction of sp³-hybridized carbons (Fsp3) is 0.316. The van der Waals surface area contributed by atoms with Crippen molar-refractivity contribution in [3.63, 3.8) is 0 Å². The fourth-order valence-corrected chi connectivity index (χ4v) is 4.21. The van der Waals surface area contributed by atoms with Crippen LogP contribution in [0.2, 0.25) is 0 Å². The van der Waals surface area contributed by atoms with Gasteiger partial charge in [-0.15, -0.1) is 0 Å². The Balaban J connectivity index is 1.49. The summed E-state index contributed by atoms with van der Waals surface area (Å²) < 4.78 is 5.68. The second-order valence-electron chi connectivity index (χ2n) is 6.11. The van der Waals surface area contributed by atoms with Gasteiger partial charge in [-0.3, -0.25) is 0 Å². The monoisotopic (exact) mass is 412 g/mol. The molecule has 0 aromatic carbocycles. The van der Waals surface area contributed by atoms with Crippen molar-refractivity contribution >= 4 is 29.5 Å². The van der Waals surface area contributed by atoms with Gasteiger partial charge >= 0.3 is 0 Å². The molecule has 1 fully saturated rings. The minimum atomic E-state index is 0.332. The van der Waals surface area contributed by atoms with E-state index < -0.39 is 0 Å². The molecule has 0 radical (unpaired) electrons. The molecule has 4 heterocycles. The standard InChI is InChI=1S/C19H20N6OS2/c1-3-10-20-15(7-1)27-18-23-17(22-12-9-14-6-5-13-26-14)24-19(25-18)28-16-8-2-4-11-21-16/h1-4,7-8,10-11,14H,5-6,9,12-13H2,(H,22,23,24,25). The van der Waals surface area contributed by atoms with Gasteiger partial charge < -0.3 is 10.1 Å². The summed E-state index contributed by atoms with van der Waals surface area (Å²) in [6.07, 6.45) is 7.06. The number of anilines is 1. The van der Waals surface area contributed by atoms with Gasteiger partial charge in [0.2, 0.25) is 5.95 Å². The molecule has 1 N–H and O–H groups in total. The first-order valence-corrected chi connectivity index (χ1v) is 10.8. The van der Waals surface area contributed by atoms with E-state index in [0.717, 1.165) is 42.5 Å². The van der Waals surface area contributed by atoms with Crippen molar-refractivity contribution < 1.29 is 4.74 Å². The maximum Gasteiger partial charge on any atom is 0.227 e. The van der Waals surface area contributed by atoms with Gasteiger partial charge in [-0.2, -0.15) is 15.0 Å². The Hall–Kier alpha value is -2.23. The highest BCUT2D eigenvalue weighted by molar-refractivity contribution is 7.99. The number of nitrogens with one attached hydrogen (secondary N) is 1. The summed E-state index contributed by atoms with van der Waals surface area (Å²) in [6.45, 7) is 1.63. The maximum absolute atomic E-state index is 5.68. The Bertz CT molecular complexity index is 818. The first-order valence-electron chi connectivity index (χ1n) is 9.14. The normalized spacial score (nSPS) is 16.2. The van der Waals surface area contributed by atoms with Crippen LogP contribution in [0.3, 0.4) is 0 Å². The quantitative estimate of drug-likeness (QED) is 0.591. The van der Waals surface area contributed by atoms with Gasteiger partial charge in [0.05, 0.1) is 6.10 Å². The molecule has 1 saturated heterocycles. The van der Waals surface area contributed by atoms with Crippen molar-refractivity contribution in [3.05, 3.63) is 48.8 Å². The number of ether oxygens (including phenoxy) is 1. The van der Waals surface area contributed by atoms with E-state index in [2.05, 4.69) is 30.2 Å². The second kappa shape index (κ2) is 9.81. The van der Waals surface area contributed by atoms with Crippen LogP contribution in [0, 0.1) is 0 Å². The molecule has 1 atom stereocenters. The maximum atomic E-state index is 5.68. The van der Waals surface area contributed by atoms with Crippen molar-refractivity contribution in [2.75, 3.05) is 18.5 Å². The van der Waals surface area contributed by atoms with Crippen molar-refractivity contribution in [1.29, 1.82) is 0 Å². The Morgan fingerprint density at radius 2 is 1.61 bits per heavy atom. The minimum absolute atomic E-state index is 0.332. The van der Waals surface area contributed by atoms with E-state index in [4.69, 9.17) is 4.74 Å². The predicted molar refractivity (Wildman–Crippen MR) is 109 cm³/mol. The van der Waals surface area contributed by atoms with Crippen LogP contribution >= 0.6 is 23.5 Å². The number of nitrogens with zero attached hydrogens (tertiary/aromatic N) is 5. The molecule has 0 saturated carbocycles. The van der Waals surface area contributed by atoms with Gasteiger partial charge in [0.25, 0.3) is 0 Å². The lowest BCUT2D eigenvalue weighted by atomic mass is 10.2. The van der Waals surface area contributed by atoms with Crippen LogP contribution < -0.4 is 5.32 Å². The summed E-state index contributed by atoms with van der Waals surface area (Å²) >= 11 is 2.83. The first-order chi connectivity index (χ1) is 13.8. The van der Waals surface area contributed by atoms with Crippen molar-refractivity contribution in [3.8, 4) is 0 Å².